The Bertz CT molecular complexity index is 715. The van der Waals surface area contributed by atoms with Gasteiger partial charge in [-0.25, -0.2) is 9.59 Å². The number of ether oxygens (including phenoxy) is 1. The summed E-state index contributed by atoms with van der Waals surface area (Å²) >= 11 is 0. The average molecular weight is 400 g/mol. The number of anilines is 1. The molecule has 158 valence electrons. The zero-order chi connectivity index (χ0) is 20.2. The molecule has 1 aromatic carbocycles. The van der Waals surface area contributed by atoms with E-state index < -0.39 is 0 Å². The number of hydrogen-bond acceptors (Lipinski definition) is 4. The molecular formula is C23H33N3O3. The summed E-state index contributed by atoms with van der Waals surface area (Å²) in [6.07, 6.45) is 8.85. The van der Waals surface area contributed by atoms with E-state index in [1.807, 2.05) is 0 Å². The third-order valence-corrected chi connectivity index (χ3v) is 6.70. The van der Waals surface area contributed by atoms with E-state index in [1.165, 1.54) is 65.1 Å². The van der Waals surface area contributed by atoms with Gasteiger partial charge in [0.1, 0.15) is 0 Å². The fourth-order valence-electron chi connectivity index (χ4n) is 4.94. The van der Waals surface area contributed by atoms with Gasteiger partial charge in [0.25, 0.3) is 0 Å². The quantitative estimate of drug-likeness (QED) is 0.735. The summed E-state index contributed by atoms with van der Waals surface area (Å²) in [5.41, 5.74) is 1.20. The molecule has 3 fully saturated rings. The van der Waals surface area contributed by atoms with Crippen molar-refractivity contribution >= 4 is 17.7 Å². The van der Waals surface area contributed by atoms with Crippen molar-refractivity contribution in [1.29, 1.82) is 0 Å². The van der Waals surface area contributed by atoms with Gasteiger partial charge in [0.2, 0.25) is 0 Å². The third kappa shape index (κ3) is 5.10. The van der Waals surface area contributed by atoms with Crippen molar-refractivity contribution in [2.75, 3.05) is 38.6 Å². The highest BCUT2D eigenvalue weighted by Gasteiger charge is 2.36. The second kappa shape index (κ2) is 9.16. The standard InChI is InChI=1S/C23H33N3O3/c1-29-22(27)18-9-11-20(12-10-18)24-23(28)26(15-17-7-8-17)16-19-5-4-14-25-13-3-2-6-21(19)25/h9-12,17,19,21H,2-8,13-16H2,1H3,(H,24,28)/t19-,21+/m0/s1. The van der Waals surface area contributed by atoms with Gasteiger partial charge in [-0.1, -0.05) is 6.42 Å². The maximum atomic E-state index is 13.1. The summed E-state index contributed by atoms with van der Waals surface area (Å²) in [6, 6.07) is 7.54. The van der Waals surface area contributed by atoms with Gasteiger partial charge in [0.15, 0.2) is 0 Å². The molecule has 2 heterocycles. The van der Waals surface area contributed by atoms with Crippen LogP contribution in [0, 0.1) is 11.8 Å². The number of hydrogen-bond donors (Lipinski definition) is 1. The van der Waals surface area contributed by atoms with E-state index in [9.17, 15) is 9.59 Å². The summed E-state index contributed by atoms with van der Waals surface area (Å²) in [7, 11) is 1.37. The molecule has 0 spiro atoms. The van der Waals surface area contributed by atoms with E-state index in [1.54, 1.807) is 24.3 Å². The molecule has 1 aromatic rings. The maximum Gasteiger partial charge on any atom is 0.337 e. The number of rotatable bonds is 6. The van der Waals surface area contributed by atoms with Crippen LogP contribution < -0.4 is 5.32 Å². The van der Waals surface area contributed by atoms with Crippen molar-refractivity contribution in [3.8, 4) is 0 Å². The van der Waals surface area contributed by atoms with Gasteiger partial charge in [-0.2, -0.15) is 0 Å². The Labute approximate surface area is 173 Å². The molecule has 3 aliphatic rings. The van der Waals surface area contributed by atoms with Crippen LogP contribution in [-0.2, 0) is 4.74 Å². The number of benzene rings is 1. The summed E-state index contributed by atoms with van der Waals surface area (Å²) < 4.78 is 4.74. The fourth-order valence-corrected chi connectivity index (χ4v) is 4.94. The van der Waals surface area contributed by atoms with Crippen molar-refractivity contribution in [2.45, 2.75) is 51.0 Å². The second-order valence-corrected chi connectivity index (χ2v) is 8.85. The van der Waals surface area contributed by atoms with E-state index in [0.717, 1.165) is 13.1 Å². The van der Waals surface area contributed by atoms with E-state index in [2.05, 4.69) is 15.1 Å². The zero-order valence-corrected chi connectivity index (χ0v) is 17.4. The molecule has 2 atom stereocenters. The lowest BCUT2D eigenvalue weighted by Crippen LogP contribution is -2.52. The number of urea groups is 1. The predicted octanol–water partition coefficient (Wildman–Crippen LogP) is 3.98. The first-order valence-electron chi connectivity index (χ1n) is 11.1. The minimum atomic E-state index is -0.368. The van der Waals surface area contributed by atoms with Gasteiger partial charge in [0.05, 0.1) is 12.7 Å². The van der Waals surface area contributed by atoms with Gasteiger partial charge < -0.3 is 19.9 Å². The highest BCUT2D eigenvalue weighted by Crippen LogP contribution is 2.34. The van der Waals surface area contributed by atoms with Crippen LogP contribution in [0.25, 0.3) is 0 Å². The Hall–Kier alpha value is -2.08. The Morgan fingerprint density at radius 2 is 1.79 bits per heavy atom. The lowest BCUT2D eigenvalue weighted by Gasteiger charge is -2.45. The largest absolute Gasteiger partial charge is 0.465 e. The first kappa shape index (κ1) is 20.2. The van der Waals surface area contributed by atoms with E-state index in [0.29, 0.717) is 29.1 Å². The average Bonchev–Trinajstić information content (AvgIpc) is 3.57. The molecule has 0 bridgehead atoms. The number of methoxy groups -OCH3 is 1. The van der Waals surface area contributed by atoms with E-state index in [-0.39, 0.29) is 12.0 Å². The van der Waals surface area contributed by atoms with Crippen molar-refractivity contribution < 1.29 is 14.3 Å². The SMILES string of the molecule is COC(=O)c1ccc(NC(=O)N(CC2CC2)C[C@@H]2CCCN3CCCC[C@H]23)cc1. The maximum absolute atomic E-state index is 13.1. The molecular weight excluding hydrogens is 366 g/mol. The molecule has 4 rings (SSSR count). The Balaban J connectivity index is 1.40. The molecule has 1 N–H and O–H groups in total. The minimum Gasteiger partial charge on any atom is -0.465 e. The Morgan fingerprint density at radius 1 is 1.03 bits per heavy atom. The van der Waals surface area contributed by atoms with Gasteiger partial charge in [-0.15, -0.1) is 0 Å². The minimum absolute atomic E-state index is 0.0179. The number of amides is 2. The topological polar surface area (TPSA) is 61.9 Å². The number of esters is 1. The lowest BCUT2D eigenvalue weighted by molar-refractivity contribution is 0.0462. The molecule has 2 aliphatic heterocycles. The number of piperidine rings is 2. The van der Waals surface area contributed by atoms with Gasteiger partial charge in [0, 0.05) is 24.8 Å². The Morgan fingerprint density at radius 3 is 2.52 bits per heavy atom. The van der Waals surface area contributed by atoms with Crippen molar-refractivity contribution in [1.82, 2.24) is 9.80 Å². The van der Waals surface area contributed by atoms with Crippen molar-refractivity contribution in [3.63, 3.8) is 0 Å². The van der Waals surface area contributed by atoms with Gasteiger partial charge in [-0.3, -0.25) is 0 Å². The van der Waals surface area contributed by atoms with E-state index in [4.69, 9.17) is 4.74 Å². The van der Waals surface area contributed by atoms with Crippen molar-refractivity contribution in [2.24, 2.45) is 11.8 Å². The summed E-state index contributed by atoms with van der Waals surface area (Å²) in [4.78, 5) is 29.4. The van der Waals surface area contributed by atoms with Crippen LogP contribution in [0.3, 0.4) is 0 Å². The summed E-state index contributed by atoms with van der Waals surface area (Å²) in [5.74, 6) is 0.872. The van der Waals surface area contributed by atoms with Crippen LogP contribution in [-0.4, -0.2) is 61.1 Å². The molecule has 2 amide bonds. The molecule has 0 aromatic heterocycles. The number of fused-ring (bicyclic) bond motifs is 1. The lowest BCUT2D eigenvalue weighted by atomic mass is 9.83. The highest BCUT2D eigenvalue weighted by molar-refractivity contribution is 5.92. The Kier molecular flexibility index (Phi) is 6.38. The molecule has 6 nitrogen and oxygen atoms in total. The van der Waals surface area contributed by atoms with Crippen LogP contribution in [0.2, 0.25) is 0 Å². The van der Waals surface area contributed by atoms with Crippen molar-refractivity contribution in [3.05, 3.63) is 29.8 Å². The summed E-state index contributed by atoms with van der Waals surface area (Å²) in [6.45, 7) is 4.16. The van der Waals surface area contributed by atoms with Crippen LogP contribution >= 0.6 is 0 Å². The molecule has 6 heteroatoms. The van der Waals surface area contributed by atoms with Gasteiger partial charge >= 0.3 is 12.0 Å². The van der Waals surface area contributed by atoms with Crippen LogP contribution in [0.5, 0.6) is 0 Å². The molecule has 0 radical (unpaired) electrons. The number of nitrogens with one attached hydrogen (secondary N) is 1. The number of nitrogens with zero attached hydrogens (tertiary/aromatic N) is 2. The molecule has 0 unspecified atom stereocenters. The predicted molar refractivity (Wildman–Crippen MR) is 113 cm³/mol. The first-order chi connectivity index (χ1) is 14.1. The van der Waals surface area contributed by atoms with Crippen LogP contribution in [0.15, 0.2) is 24.3 Å². The first-order valence-corrected chi connectivity index (χ1v) is 11.1. The summed E-state index contributed by atoms with van der Waals surface area (Å²) in [5, 5.41) is 3.04. The second-order valence-electron chi connectivity index (χ2n) is 8.85. The zero-order valence-electron chi connectivity index (χ0n) is 17.4. The third-order valence-electron chi connectivity index (χ3n) is 6.70. The van der Waals surface area contributed by atoms with Crippen LogP contribution in [0.1, 0.15) is 55.3 Å². The molecule has 1 saturated carbocycles. The normalized spacial score (nSPS) is 24.4. The molecule has 1 aliphatic carbocycles. The van der Waals surface area contributed by atoms with Crippen LogP contribution in [0.4, 0.5) is 10.5 Å². The highest BCUT2D eigenvalue weighted by atomic mass is 16.5. The monoisotopic (exact) mass is 399 g/mol. The molecule has 29 heavy (non-hydrogen) atoms. The smallest absolute Gasteiger partial charge is 0.337 e. The van der Waals surface area contributed by atoms with Gasteiger partial charge in [-0.05, 0) is 87.7 Å². The number of carbonyl (C=O) groups excluding carboxylic acids is 2. The molecule has 2 saturated heterocycles. The fraction of sp³-hybridized carbons (Fsp3) is 0.652. The number of carbonyl (C=O) groups is 2. The van der Waals surface area contributed by atoms with E-state index >= 15 is 0 Å².